The topological polar surface area (TPSA) is 125 Å². The number of nitrogens with one attached hydrogen (secondary N) is 2. The molecule has 0 bridgehead atoms. The van der Waals surface area contributed by atoms with E-state index in [0.29, 0.717) is 42.6 Å². The lowest BCUT2D eigenvalue weighted by atomic mass is 10.1. The average molecular weight is 281 g/mol. The van der Waals surface area contributed by atoms with Crippen LogP contribution in [0.15, 0.2) is 0 Å². The van der Waals surface area contributed by atoms with E-state index in [0.717, 1.165) is 0 Å². The molecule has 0 saturated carbocycles. The molecule has 2 amide bonds. The summed E-state index contributed by atoms with van der Waals surface area (Å²) in [6.07, 6.45) is 1.55. The van der Waals surface area contributed by atoms with Crippen LogP contribution in [0.2, 0.25) is 0 Å². The summed E-state index contributed by atoms with van der Waals surface area (Å²) in [6, 6.07) is 0. The number of hydrogen-bond donors (Lipinski definition) is 4. The highest BCUT2D eigenvalue weighted by Crippen LogP contribution is 2.17. The van der Waals surface area contributed by atoms with E-state index in [-0.39, 0.29) is 17.5 Å². The number of H-pyrrole nitrogens is 1. The van der Waals surface area contributed by atoms with Crippen molar-refractivity contribution in [1.82, 2.24) is 10.3 Å². The molecule has 7 nitrogen and oxygen atoms in total. The van der Waals surface area contributed by atoms with Crippen LogP contribution in [-0.4, -0.2) is 34.4 Å². The first-order valence-electron chi connectivity index (χ1n) is 6.33. The molecule has 7 heteroatoms. The van der Waals surface area contributed by atoms with Crippen molar-refractivity contribution in [3.63, 3.8) is 0 Å². The average Bonchev–Trinajstić information content (AvgIpc) is 2.64. The molecular weight excluding hydrogens is 262 g/mol. The number of aromatic carboxylic acids is 1. The van der Waals surface area contributed by atoms with Gasteiger partial charge in [-0.15, -0.1) is 0 Å². The molecule has 0 unspecified atom stereocenters. The highest BCUT2D eigenvalue weighted by Gasteiger charge is 2.21. The standard InChI is InChI=1S/C13H19N3O4/c1-7-10(8(2)16-11(7)13(19)20)12(18)15-6-4-3-5-9(14)17/h16H,3-6H2,1-2H3,(H2,14,17)(H,15,18)(H,19,20). The predicted octanol–water partition coefficient (Wildman–Crippen LogP) is 0.715. The van der Waals surface area contributed by atoms with Crippen LogP contribution in [0.25, 0.3) is 0 Å². The van der Waals surface area contributed by atoms with Gasteiger partial charge < -0.3 is 21.1 Å². The third-order valence-corrected chi connectivity index (χ3v) is 3.01. The van der Waals surface area contributed by atoms with Crippen molar-refractivity contribution < 1.29 is 19.5 Å². The third kappa shape index (κ3) is 3.84. The van der Waals surface area contributed by atoms with E-state index >= 15 is 0 Å². The van der Waals surface area contributed by atoms with Crippen molar-refractivity contribution in [2.45, 2.75) is 33.1 Å². The second kappa shape index (κ2) is 6.74. The summed E-state index contributed by atoms with van der Waals surface area (Å²) in [5.41, 5.74) is 6.34. The fourth-order valence-electron chi connectivity index (χ4n) is 2.02. The number of nitrogens with two attached hydrogens (primary N) is 1. The lowest BCUT2D eigenvalue weighted by Crippen LogP contribution is -2.25. The van der Waals surface area contributed by atoms with Gasteiger partial charge in [-0.05, 0) is 32.3 Å². The number of unbranched alkanes of at least 4 members (excludes halogenated alkanes) is 1. The van der Waals surface area contributed by atoms with Gasteiger partial charge in [0.05, 0.1) is 5.56 Å². The number of carbonyl (C=O) groups is 3. The predicted molar refractivity (Wildman–Crippen MR) is 72.6 cm³/mol. The van der Waals surface area contributed by atoms with Crippen LogP contribution in [0.3, 0.4) is 0 Å². The summed E-state index contributed by atoms with van der Waals surface area (Å²) in [4.78, 5) is 36.2. The van der Waals surface area contributed by atoms with Crippen molar-refractivity contribution >= 4 is 17.8 Å². The van der Waals surface area contributed by atoms with E-state index in [2.05, 4.69) is 10.3 Å². The van der Waals surface area contributed by atoms with Crippen molar-refractivity contribution in [2.75, 3.05) is 6.54 Å². The number of carboxylic acids is 1. The minimum Gasteiger partial charge on any atom is -0.477 e. The molecule has 0 spiro atoms. The normalized spacial score (nSPS) is 10.3. The molecule has 0 radical (unpaired) electrons. The number of aryl methyl sites for hydroxylation is 1. The van der Waals surface area contributed by atoms with Gasteiger partial charge in [-0.2, -0.15) is 0 Å². The smallest absolute Gasteiger partial charge is 0.352 e. The Labute approximate surface area is 116 Å². The lowest BCUT2D eigenvalue weighted by Gasteiger charge is -2.05. The maximum Gasteiger partial charge on any atom is 0.352 e. The van der Waals surface area contributed by atoms with Gasteiger partial charge in [0.2, 0.25) is 5.91 Å². The highest BCUT2D eigenvalue weighted by atomic mass is 16.4. The molecule has 1 aromatic heterocycles. The Kier molecular flexibility index (Phi) is 5.31. The van der Waals surface area contributed by atoms with Crippen LogP contribution in [0, 0.1) is 13.8 Å². The van der Waals surface area contributed by atoms with E-state index in [9.17, 15) is 14.4 Å². The first-order valence-corrected chi connectivity index (χ1v) is 6.33. The zero-order valence-electron chi connectivity index (χ0n) is 11.6. The summed E-state index contributed by atoms with van der Waals surface area (Å²) in [7, 11) is 0. The van der Waals surface area contributed by atoms with Crippen molar-refractivity contribution in [1.29, 1.82) is 0 Å². The molecule has 5 N–H and O–H groups in total. The molecule has 1 aromatic rings. The number of rotatable bonds is 7. The molecule has 110 valence electrons. The Balaban J connectivity index is 2.60. The van der Waals surface area contributed by atoms with Gasteiger partial charge in [-0.25, -0.2) is 4.79 Å². The molecule has 20 heavy (non-hydrogen) atoms. The van der Waals surface area contributed by atoms with E-state index in [4.69, 9.17) is 10.8 Å². The molecule has 1 heterocycles. The molecule has 0 fully saturated rings. The van der Waals surface area contributed by atoms with Crippen LogP contribution in [0.4, 0.5) is 0 Å². The first kappa shape index (κ1) is 15.7. The van der Waals surface area contributed by atoms with Crippen molar-refractivity contribution in [2.24, 2.45) is 5.73 Å². The first-order chi connectivity index (χ1) is 9.34. The Bertz CT molecular complexity index is 534. The maximum atomic E-state index is 12.0. The van der Waals surface area contributed by atoms with Gasteiger partial charge in [-0.3, -0.25) is 9.59 Å². The number of amides is 2. The van der Waals surface area contributed by atoms with Crippen molar-refractivity contribution in [3.8, 4) is 0 Å². The monoisotopic (exact) mass is 281 g/mol. The Morgan fingerprint density at radius 3 is 2.40 bits per heavy atom. The Morgan fingerprint density at radius 2 is 1.90 bits per heavy atom. The Hall–Kier alpha value is -2.31. The number of carbonyl (C=O) groups excluding carboxylic acids is 2. The molecule has 0 atom stereocenters. The third-order valence-electron chi connectivity index (χ3n) is 3.01. The minimum absolute atomic E-state index is 0.0291. The van der Waals surface area contributed by atoms with Gasteiger partial charge in [0.25, 0.3) is 5.91 Å². The Morgan fingerprint density at radius 1 is 1.25 bits per heavy atom. The van der Waals surface area contributed by atoms with E-state index < -0.39 is 5.97 Å². The second-order valence-corrected chi connectivity index (χ2v) is 4.61. The lowest BCUT2D eigenvalue weighted by molar-refractivity contribution is -0.118. The fraction of sp³-hybridized carbons (Fsp3) is 0.462. The molecular formula is C13H19N3O4. The fourth-order valence-corrected chi connectivity index (χ4v) is 2.02. The van der Waals surface area contributed by atoms with Gasteiger partial charge >= 0.3 is 5.97 Å². The molecule has 0 aromatic carbocycles. The number of hydrogen-bond acceptors (Lipinski definition) is 3. The summed E-state index contributed by atoms with van der Waals surface area (Å²) in [5.74, 6) is -1.77. The summed E-state index contributed by atoms with van der Waals surface area (Å²) in [6.45, 7) is 3.66. The summed E-state index contributed by atoms with van der Waals surface area (Å²) >= 11 is 0. The van der Waals surface area contributed by atoms with E-state index in [1.807, 2.05) is 0 Å². The molecule has 0 aliphatic rings. The number of primary amides is 1. The minimum atomic E-state index is -1.09. The number of carboxylic acid groups (broad SMARTS) is 1. The zero-order chi connectivity index (χ0) is 15.3. The molecule has 0 aliphatic carbocycles. The van der Waals surface area contributed by atoms with Gasteiger partial charge in [-0.1, -0.05) is 0 Å². The molecule has 0 aliphatic heterocycles. The zero-order valence-corrected chi connectivity index (χ0v) is 11.6. The number of aromatic amines is 1. The number of aromatic nitrogens is 1. The van der Waals surface area contributed by atoms with Crippen LogP contribution >= 0.6 is 0 Å². The van der Waals surface area contributed by atoms with E-state index in [1.165, 1.54) is 0 Å². The maximum absolute atomic E-state index is 12.0. The largest absolute Gasteiger partial charge is 0.477 e. The van der Waals surface area contributed by atoms with E-state index in [1.54, 1.807) is 13.8 Å². The summed E-state index contributed by atoms with van der Waals surface area (Å²) in [5, 5.41) is 11.7. The quantitative estimate of drug-likeness (QED) is 0.549. The van der Waals surface area contributed by atoms with Crippen LogP contribution in [0.1, 0.15) is 51.4 Å². The summed E-state index contributed by atoms with van der Waals surface area (Å²) < 4.78 is 0. The van der Waals surface area contributed by atoms with Crippen LogP contribution in [-0.2, 0) is 4.79 Å². The second-order valence-electron chi connectivity index (χ2n) is 4.61. The molecule has 1 rings (SSSR count). The van der Waals surface area contributed by atoms with Crippen molar-refractivity contribution in [3.05, 3.63) is 22.5 Å². The van der Waals surface area contributed by atoms with Crippen LogP contribution < -0.4 is 11.1 Å². The van der Waals surface area contributed by atoms with Gasteiger partial charge in [0, 0.05) is 18.7 Å². The van der Waals surface area contributed by atoms with Gasteiger partial charge in [0.15, 0.2) is 0 Å². The van der Waals surface area contributed by atoms with Gasteiger partial charge in [0.1, 0.15) is 5.69 Å². The SMILES string of the molecule is Cc1[nH]c(C(=O)O)c(C)c1C(=O)NCCCCC(N)=O. The highest BCUT2D eigenvalue weighted by molar-refractivity contribution is 6.00. The molecule has 0 saturated heterocycles. The van der Waals surface area contributed by atoms with Crippen LogP contribution in [0.5, 0.6) is 0 Å².